The highest BCUT2D eigenvalue weighted by Crippen LogP contribution is 2.12. The van der Waals surface area contributed by atoms with E-state index < -0.39 is 25.3 Å². The highest BCUT2D eigenvalue weighted by molar-refractivity contribution is 7.90. The number of hydrogen-bond donors (Lipinski definition) is 3. The summed E-state index contributed by atoms with van der Waals surface area (Å²) in [5.74, 6) is 2.43. The fourth-order valence-electron chi connectivity index (χ4n) is 1.48. The molecule has 2 aliphatic rings. The van der Waals surface area contributed by atoms with E-state index in [1.807, 2.05) is 4.90 Å². The van der Waals surface area contributed by atoms with Gasteiger partial charge in [0.1, 0.15) is 5.25 Å². The highest BCUT2D eigenvalue weighted by atomic mass is 35.5. The van der Waals surface area contributed by atoms with E-state index in [1.54, 1.807) is 0 Å². The van der Waals surface area contributed by atoms with Gasteiger partial charge in [0, 0.05) is 26.2 Å². The molecule has 2 aliphatic heterocycles. The van der Waals surface area contributed by atoms with Crippen LogP contribution in [0.3, 0.4) is 0 Å². The second kappa shape index (κ2) is 7.56. The minimum atomic E-state index is -3.33. The van der Waals surface area contributed by atoms with Crippen LogP contribution in [0.15, 0.2) is 0 Å². The maximum absolute atomic E-state index is 10.7. The first kappa shape index (κ1) is 19.6. The Morgan fingerprint density at radius 1 is 1.10 bits per heavy atom. The lowest BCUT2D eigenvalue weighted by Gasteiger charge is -2.35. The van der Waals surface area contributed by atoms with Gasteiger partial charge in [0.05, 0.1) is 11.8 Å². The molecule has 20 heavy (non-hydrogen) atoms. The Labute approximate surface area is 125 Å². The molecule has 0 spiro atoms. The van der Waals surface area contributed by atoms with E-state index in [-0.39, 0.29) is 17.7 Å². The lowest BCUT2D eigenvalue weighted by Crippen LogP contribution is -2.56. The molecule has 2 saturated heterocycles. The number of primary sulfonamides is 2. The number of hydrogen-bond acceptors (Lipinski definition) is 6. The van der Waals surface area contributed by atoms with Gasteiger partial charge in [-0.15, -0.1) is 18.8 Å². The van der Waals surface area contributed by atoms with Crippen LogP contribution in [-0.4, -0.2) is 65.0 Å². The van der Waals surface area contributed by atoms with Gasteiger partial charge in [-0.2, -0.15) is 0 Å². The van der Waals surface area contributed by atoms with E-state index in [4.69, 9.17) is 16.7 Å². The molecular weight excluding hydrogens is 328 g/mol. The summed E-state index contributed by atoms with van der Waals surface area (Å²) < 4.78 is 42.0. The second-order valence-electron chi connectivity index (χ2n) is 4.48. The maximum Gasteiger partial charge on any atom is 0.214 e. The number of terminal acetylenes is 1. The van der Waals surface area contributed by atoms with Crippen LogP contribution >= 0.6 is 12.4 Å². The average molecular weight is 347 g/mol. The van der Waals surface area contributed by atoms with Crippen LogP contribution in [0.1, 0.15) is 0 Å². The van der Waals surface area contributed by atoms with Crippen molar-refractivity contribution in [2.24, 2.45) is 10.3 Å². The normalized spacial score (nSPS) is 20.4. The number of nitrogens with zero attached hydrogens (tertiary/aromatic N) is 1. The molecule has 0 radical (unpaired) electrons. The van der Waals surface area contributed by atoms with Crippen molar-refractivity contribution >= 4 is 32.5 Å². The van der Waals surface area contributed by atoms with Crippen LogP contribution in [0.2, 0.25) is 0 Å². The van der Waals surface area contributed by atoms with Gasteiger partial charge in [-0.25, -0.2) is 27.1 Å². The number of nitrogens with two attached hydrogens (primary N) is 2. The zero-order valence-corrected chi connectivity index (χ0v) is 13.2. The van der Waals surface area contributed by atoms with E-state index in [9.17, 15) is 16.8 Å². The van der Waals surface area contributed by atoms with Gasteiger partial charge >= 0.3 is 0 Å². The highest BCUT2D eigenvalue weighted by Gasteiger charge is 2.34. The molecule has 8 nitrogen and oxygen atoms in total. The zero-order valence-electron chi connectivity index (χ0n) is 10.7. The second-order valence-corrected chi connectivity index (χ2v) is 8.17. The SMILES string of the molecule is C#CCN1CC(S(N)(=O)=O)C1.Cl.NS(=O)(=O)C1CNC1. The van der Waals surface area contributed by atoms with Gasteiger partial charge in [-0.1, -0.05) is 5.92 Å². The largest absolute Gasteiger partial charge is 0.314 e. The molecule has 0 bridgehead atoms. The summed E-state index contributed by atoms with van der Waals surface area (Å²) in [6, 6.07) is 0. The van der Waals surface area contributed by atoms with Crippen molar-refractivity contribution in [3.05, 3.63) is 0 Å². The van der Waals surface area contributed by atoms with Gasteiger partial charge in [0.15, 0.2) is 0 Å². The Balaban J connectivity index is 0.000000359. The molecule has 0 amide bonds. The Morgan fingerprint density at radius 3 is 1.75 bits per heavy atom. The van der Waals surface area contributed by atoms with E-state index in [0.717, 1.165) is 0 Å². The number of nitrogens with one attached hydrogen (secondary N) is 1. The lowest BCUT2D eigenvalue weighted by atomic mass is 10.2. The molecule has 5 N–H and O–H groups in total. The summed E-state index contributed by atoms with van der Waals surface area (Å²) in [5, 5.41) is 11.7. The minimum absolute atomic E-state index is 0. The fourth-order valence-corrected chi connectivity index (χ4v) is 3.02. The molecule has 118 valence electrons. The Bertz CT molecular complexity index is 547. The van der Waals surface area contributed by atoms with E-state index in [2.05, 4.69) is 11.2 Å². The third-order valence-electron chi connectivity index (χ3n) is 2.91. The molecule has 0 aliphatic carbocycles. The molecule has 0 aromatic carbocycles. The Kier molecular flexibility index (Phi) is 7.40. The minimum Gasteiger partial charge on any atom is -0.314 e. The molecule has 2 rings (SSSR count). The first-order chi connectivity index (χ1) is 8.64. The van der Waals surface area contributed by atoms with E-state index in [1.165, 1.54) is 0 Å². The predicted molar refractivity (Wildman–Crippen MR) is 79.2 cm³/mol. The van der Waals surface area contributed by atoms with Crippen LogP contribution < -0.4 is 15.6 Å². The smallest absolute Gasteiger partial charge is 0.214 e. The van der Waals surface area contributed by atoms with Gasteiger partial charge in [-0.05, 0) is 0 Å². The third-order valence-corrected chi connectivity index (χ3v) is 5.40. The molecule has 0 unspecified atom stereocenters. The van der Waals surface area contributed by atoms with E-state index in [0.29, 0.717) is 32.7 Å². The quantitative estimate of drug-likeness (QED) is 0.474. The van der Waals surface area contributed by atoms with Crippen molar-refractivity contribution < 1.29 is 16.8 Å². The summed E-state index contributed by atoms with van der Waals surface area (Å²) in [6.07, 6.45) is 5.02. The monoisotopic (exact) mass is 346 g/mol. The molecule has 0 atom stereocenters. The lowest BCUT2D eigenvalue weighted by molar-refractivity contribution is 0.210. The number of likely N-dealkylation sites (tertiary alicyclic amines) is 1. The topological polar surface area (TPSA) is 136 Å². The summed E-state index contributed by atoms with van der Waals surface area (Å²) in [6.45, 7) is 2.48. The first-order valence-electron chi connectivity index (χ1n) is 5.54. The Morgan fingerprint density at radius 2 is 1.55 bits per heavy atom. The van der Waals surface area contributed by atoms with Crippen LogP contribution in [0.25, 0.3) is 0 Å². The van der Waals surface area contributed by atoms with Crippen LogP contribution in [0.5, 0.6) is 0 Å². The number of rotatable bonds is 3. The van der Waals surface area contributed by atoms with Gasteiger partial charge in [0.2, 0.25) is 20.0 Å². The van der Waals surface area contributed by atoms with Gasteiger partial charge in [-0.3, -0.25) is 4.90 Å². The zero-order chi connectivity index (χ0) is 14.7. The van der Waals surface area contributed by atoms with Crippen LogP contribution in [0, 0.1) is 12.3 Å². The van der Waals surface area contributed by atoms with Gasteiger partial charge in [0.25, 0.3) is 0 Å². The fraction of sp³-hybridized carbons (Fsp3) is 0.778. The maximum atomic E-state index is 10.7. The summed E-state index contributed by atoms with van der Waals surface area (Å²) in [4.78, 5) is 1.86. The molecule has 11 heteroatoms. The summed E-state index contributed by atoms with van der Waals surface area (Å²) in [5.41, 5.74) is 0. The number of halogens is 1. The summed E-state index contributed by atoms with van der Waals surface area (Å²) >= 11 is 0. The molecule has 0 aromatic rings. The molecule has 0 aromatic heterocycles. The first-order valence-corrected chi connectivity index (χ1v) is 8.76. The Hall–Kier alpha value is -0.410. The van der Waals surface area contributed by atoms with Gasteiger partial charge < -0.3 is 5.32 Å². The average Bonchev–Trinajstić information content (AvgIpc) is 2.03. The standard InChI is InChI=1S/C6H10N2O2S.C3H8N2O2S.ClH/c1-2-3-8-4-6(5-8)11(7,9)10;4-8(6,7)3-1-5-2-3;/h1,6H,3-5H2,(H2,7,9,10);3,5H,1-2H2,(H2,4,6,7);1H. The van der Waals surface area contributed by atoms with Crippen LogP contribution in [-0.2, 0) is 20.0 Å². The van der Waals surface area contributed by atoms with Crippen molar-refractivity contribution in [3.63, 3.8) is 0 Å². The van der Waals surface area contributed by atoms with E-state index >= 15 is 0 Å². The van der Waals surface area contributed by atoms with Crippen molar-refractivity contribution in [1.82, 2.24) is 10.2 Å². The molecule has 2 fully saturated rings. The van der Waals surface area contributed by atoms with Crippen molar-refractivity contribution in [2.45, 2.75) is 10.5 Å². The van der Waals surface area contributed by atoms with Crippen LogP contribution in [0.4, 0.5) is 0 Å². The predicted octanol–water partition coefficient (Wildman–Crippen LogP) is -2.74. The summed E-state index contributed by atoms with van der Waals surface area (Å²) in [7, 11) is -6.56. The van der Waals surface area contributed by atoms with Crippen molar-refractivity contribution in [1.29, 1.82) is 0 Å². The number of sulfonamides is 2. The molecule has 0 saturated carbocycles. The molecular formula is C9H19ClN4O4S2. The van der Waals surface area contributed by atoms with Crippen molar-refractivity contribution in [3.8, 4) is 12.3 Å². The third kappa shape index (κ3) is 5.92. The van der Waals surface area contributed by atoms with Crippen molar-refractivity contribution in [2.75, 3.05) is 32.7 Å². The molecule has 2 heterocycles.